The van der Waals surface area contributed by atoms with Crippen LogP contribution in [0.4, 0.5) is 0 Å². The molecule has 0 spiro atoms. The quantitative estimate of drug-likeness (QED) is 0.766. The molecule has 0 saturated carbocycles. The summed E-state index contributed by atoms with van der Waals surface area (Å²) in [5.74, 6) is 0.472. The average Bonchev–Trinajstić information content (AvgIpc) is 2.53. The highest BCUT2D eigenvalue weighted by Crippen LogP contribution is 2.18. The lowest BCUT2D eigenvalue weighted by Crippen LogP contribution is -1.82. The van der Waals surface area contributed by atoms with Gasteiger partial charge in [-0.25, -0.2) is 0 Å². The Morgan fingerprint density at radius 3 is 2.69 bits per heavy atom. The average molecular weight is 240 g/mol. The minimum absolute atomic E-state index is 0.378. The third-order valence-electron chi connectivity index (χ3n) is 1.56. The molecule has 0 aromatic carbocycles. The molecule has 4 nitrogen and oxygen atoms in total. The van der Waals surface area contributed by atoms with Crippen molar-refractivity contribution in [3.05, 3.63) is 28.8 Å². The Bertz CT molecular complexity index is 410. The van der Waals surface area contributed by atoms with Crippen LogP contribution >= 0.6 is 15.9 Å². The molecule has 0 amide bonds. The van der Waals surface area contributed by atoms with E-state index in [0.717, 1.165) is 11.3 Å². The molecular formula is C8H6BrN3O. The third-order valence-corrected chi connectivity index (χ3v) is 1.88. The van der Waals surface area contributed by atoms with Crippen LogP contribution in [-0.2, 0) is 0 Å². The summed E-state index contributed by atoms with van der Waals surface area (Å²) in [4.78, 5) is 4.50. The van der Waals surface area contributed by atoms with Gasteiger partial charge in [0.1, 0.15) is 0 Å². The van der Waals surface area contributed by atoms with Gasteiger partial charge in [-0.3, -0.25) is 4.98 Å². The first-order valence-corrected chi connectivity index (χ1v) is 4.47. The molecule has 0 aliphatic heterocycles. The highest BCUT2D eigenvalue weighted by atomic mass is 79.9. The van der Waals surface area contributed by atoms with Crippen LogP contribution in [0.15, 0.2) is 27.5 Å². The van der Waals surface area contributed by atoms with E-state index in [0.29, 0.717) is 10.7 Å². The fraction of sp³-hybridized carbons (Fsp3) is 0.125. The van der Waals surface area contributed by atoms with Crippen LogP contribution in [0.25, 0.3) is 11.5 Å². The lowest BCUT2D eigenvalue weighted by molar-refractivity contribution is 0.540. The predicted molar refractivity (Wildman–Crippen MR) is 50.0 cm³/mol. The van der Waals surface area contributed by atoms with E-state index in [1.165, 1.54) is 0 Å². The first-order valence-electron chi connectivity index (χ1n) is 3.68. The number of rotatable bonds is 1. The molecule has 0 N–H and O–H groups in total. The van der Waals surface area contributed by atoms with E-state index >= 15 is 0 Å². The van der Waals surface area contributed by atoms with Crippen molar-refractivity contribution in [1.29, 1.82) is 0 Å². The molecule has 2 aromatic heterocycles. The maximum absolute atomic E-state index is 5.16. The molecule has 0 atom stereocenters. The van der Waals surface area contributed by atoms with Crippen molar-refractivity contribution in [3.63, 3.8) is 0 Å². The second kappa shape index (κ2) is 3.26. The topological polar surface area (TPSA) is 51.8 Å². The van der Waals surface area contributed by atoms with Crippen LogP contribution in [0, 0.1) is 6.92 Å². The highest BCUT2D eigenvalue weighted by Gasteiger charge is 2.05. The van der Waals surface area contributed by atoms with E-state index < -0.39 is 0 Å². The van der Waals surface area contributed by atoms with E-state index in [2.05, 4.69) is 31.1 Å². The first kappa shape index (κ1) is 8.37. The molecule has 0 aliphatic rings. The largest absolute Gasteiger partial charge is 0.411 e. The van der Waals surface area contributed by atoms with Gasteiger partial charge in [0, 0.05) is 27.8 Å². The minimum atomic E-state index is 0.378. The monoisotopic (exact) mass is 239 g/mol. The zero-order valence-corrected chi connectivity index (χ0v) is 8.45. The van der Waals surface area contributed by atoms with Gasteiger partial charge in [-0.05, 0) is 19.1 Å². The molecule has 0 saturated heterocycles. The fourth-order valence-electron chi connectivity index (χ4n) is 0.916. The molecule has 5 heteroatoms. The minimum Gasteiger partial charge on any atom is -0.411 e. The highest BCUT2D eigenvalue weighted by molar-refractivity contribution is 9.10. The van der Waals surface area contributed by atoms with E-state index in [1.54, 1.807) is 6.20 Å². The Hall–Kier alpha value is -1.23. The van der Waals surface area contributed by atoms with Gasteiger partial charge in [0.15, 0.2) is 0 Å². The maximum atomic E-state index is 5.16. The Morgan fingerprint density at radius 2 is 2.15 bits per heavy atom. The number of nitrogens with zero attached hydrogens (tertiary/aromatic N) is 3. The number of hydrogen-bond acceptors (Lipinski definition) is 4. The van der Waals surface area contributed by atoms with Crippen molar-refractivity contribution >= 4 is 15.9 Å². The maximum Gasteiger partial charge on any atom is 0.285 e. The molecule has 2 rings (SSSR count). The summed E-state index contributed by atoms with van der Waals surface area (Å²) in [5, 5.41) is 7.50. The van der Waals surface area contributed by atoms with Crippen molar-refractivity contribution in [2.75, 3.05) is 0 Å². The van der Waals surface area contributed by atoms with Crippen molar-refractivity contribution < 1.29 is 4.42 Å². The van der Waals surface area contributed by atoms with Crippen LogP contribution in [0.1, 0.15) is 5.69 Å². The van der Waals surface area contributed by atoms with Gasteiger partial charge in [-0.15, -0.1) is 10.2 Å². The third kappa shape index (κ3) is 1.75. The lowest BCUT2D eigenvalue weighted by atomic mass is 10.2. The number of aromatic nitrogens is 3. The summed E-state index contributed by atoms with van der Waals surface area (Å²) in [6.07, 6.45) is 1.70. The summed E-state index contributed by atoms with van der Waals surface area (Å²) in [6, 6.07) is 3.79. The molecular weight excluding hydrogens is 234 g/mol. The molecule has 0 radical (unpaired) electrons. The molecule has 66 valence electrons. The van der Waals surface area contributed by atoms with Gasteiger partial charge in [0.25, 0.3) is 4.80 Å². The number of halogens is 1. The molecule has 0 fully saturated rings. The van der Waals surface area contributed by atoms with Gasteiger partial charge in [-0.1, -0.05) is 0 Å². The standard InChI is InChI=1S/C8H6BrN3O/c1-5-2-3-6(4-10-5)7-11-12-8(9)13-7/h2-4H,1H3. The SMILES string of the molecule is Cc1ccc(-c2nnc(Br)o2)cn1. The first-order chi connectivity index (χ1) is 6.25. The normalized spacial score (nSPS) is 10.3. The van der Waals surface area contributed by atoms with Crippen LogP contribution in [0.5, 0.6) is 0 Å². The second-order valence-electron chi connectivity index (χ2n) is 2.55. The zero-order valence-electron chi connectivity index (χ0n) is 6.86. The van der Waals surface area contributed by atoms with Crippen LogP contribution in [-0.4, -0.2) is 15.2 Å². The Kier molecular flexibility index (Phi) is 2.10. The molecule has 2 heterocycles. The van der Waals surface area contributed by atoms with Crippen LogP contribution in [0.3, 0.4) is 0 Å². The molecule has 13 heavy (non-hydrogen) atoms. The summed E-state index contributed by atoms with van der Waals surface area (Å²) in [5.41, 5.74) is 1.78. The molecule has 2 aromatic rings. The zero-order chi connectivity index (χ0) is 9.26. The lowest BCUT2D eigenvalue weighted by Gasteiger charge is -1.93. The summed E-state index contributed by atoms with van der Waals surface area (Å²) < 4.78 is 5.16. The van der Waals surface area contributed by atoms with E-state index in [1.807, 2.05) is 19.1 Å². The summed E-state index contributed by atoms with van der Waals surface area (Å²) in [7, 11) is 0. The van der Waals surface area contributed by atoms with Crippen LogP contribution < -0.4 is 0 Å². The summed E-state index contributed by atoms with van der Waals surface area (Å²) >= 11 is 3.08. The van der Waals surface area contributed by atoms with Crippen LogP contribution in [0.2, 0.25) is 0 Å². The predicted octanol–water partition coefficient (Wildman–Crippen LogP) is 2.20. The van der Waals surface area contributed by atoms with E-state index in [4.69, 9.17) is 4.42 Å². The molecule has 0 aliphatic carbocycles. The Labute approximate surface area is 83.1 Å². The van der Waals surface area contributed by atoms with Crippen molar-refractivity contribution in [2.24, 2.45) is 0 Å². The Morgan fingerprint density at radius 1 is 1.31 bits per heavy atom. The fourth-order valence-corrected chi connectivity index (χ4v) is 1.15. The number of hydrogen-bond donors (Lipinski definition) is 0. The second-order valence-corrected chi connectivity index (χ2v) is 3.23. The number of pyridine rings is 1. The summed E-state index contributed by atoms with van der Waals surface area (Å²) in [6.45, 7) is 1.92. The van der Waals surface area contributed by atoms with Crippen molar-refractivity contribution in [3.8, 4) is 11.5 Å². The Balaban J connectivity index is 2.41. The van der Waals surface area contributed by atoms with E-state index in [-0.39, 0.29) is 0 Å². The van der Waals surface area contributed by atoms with Gasteiger partial charge in [-0.2, -0.15) is 0 Å². The van der Waals surface area contributed by atoms with Gasteiger partial charge >= 0.3 is 0 Å². The number of aryl methyl sites for hydroxylation is 1. The van der Waals surface area contributed by atoms with Gasteiger partial charge < -0.3 is 4.42 Å². The van der Waals surface area contributed by atoms with Gasteiger partial charge in [0.05, 0.1) is 5.56 Å². The van der Waals surface area contributed by atoms with Gasteiger partial charge in [0.2, 0.25) is 5.89 Å². The smallest absolute Gasteiger partial charge is 0.285 e. The van der Waals surface area contributed by atoms with E-state index in [9.17, 15) is 0 Å². The molecule has 0 bridgehead atoms. The van der Waals surface area contributed by atoms with Crippen molar-refractivity contribution in [2.45, 2.75) is 6.92 Å². The molecule has 0 unspecified atom stereocenters. The van der Waals surface area contributed by atoms with Crippen molar-refractivity contribution in [1.82, 2.24) is 15.2 Å².